The zero-order valence-electron chi connectivity index (χ0n) is 8.19. The number of carbonyl (C=O) groups is 3. The van der Waals surface area contributed by atoms with E-state index in [2.05, 4.69) is 0 Å². The lowest BCUT2D eigenvalue weighted by molar-refractivity contribution is -0.143. The molecule has 1 heterocycles. The van der Waals surface area contributed by atoms with Crippen LogP contribution in [0.3, 0.4) is 0 Å². The number of hydrogen-bond acceptors (Lipinski definition) is 3. The van der Waals surface area contributed by atoms with Crippen LogP contribution in [-0.4, -0.2) is 47.7 Å². The van der Waals surface area contributed by atoms with E-state index in [1.165, 1.54) is 17.1 Å². The third kappa shape index (κ3) is 1.99. The number of nitrogens with zero attached hydrogens (tertiary/aromatic N) is 2. The Labute approximate surface area is 82.0 Å². The molecule has 0 unspecified atom stereocenters. The van der Waals surface area contributed by atoms with Gasteiger partial charge in [0.05, 0.1) is 0 Å². The highest BCUT2D eigenvalue weighted by atomic mass is 16.2. The van der Waals surface area contributed by atoms with Crippen LogP contribution in [0.15, 0.2) is 12.2 Å². The van der Waals surface area contributed by atoms with Crippen LogP contribution in [0.1, 0.15) is 6.92 Å². The van der Waals surface area contributed by atoms with Crippen LogP contribution in [0.4, 0.5) is 0 Å². The quantitative estimate of drug-likeness (QED) is 0.566. The molecule has 0 fully saturated rings. The summed E-state index contributed by atoms with van der Waals surface area (Å²) in [5, 5.41) is 0. The maximum Gasteiger partial charge on any atom is 0.254 e. The monoisotopic (exact) mass is 196 g/mol. The van der Waals surface area contributed by atoms with Crippen LogP contribution < -0.4 is 0 Å². The second-order valence-corrected chi connectivity index (χ2v) is 3.00. The van der Waals surface area contributed by atoms with Crippen LogP contribution >= 0.6 is 0 Å². The molecule has 0 atom stereocenters. The Morgan fingerprint density at radius 1 is 1.36 bits per heavy atom. The number of imide groups is 1. The molecule has 0 aromatic carbocycles. The third-order valence-corrected chi connectivity index (χ3v) is 2.09. The molecule has 0 saturated carbocycles. The summed E-state index contributed by atoms with van der Waals surface area (Å²) in [5.41, 5.74) is 0. The van der Waals surface area contributed by atoms with E-state index in [4.69, 9.17) is 0 Å². The van der Waals surface area contributed by atoms with Gasteiger partial charge in [0, 0.05) is 25.7 Å². The molecule has 0 N–H and O–H groups in total. The molecular formula is C9H12N2O3. The van der Waals surface area contributed by atoms with Gasteiger partial charge in [-0.15, -0.1) is 0 Å². The molecule has 14 heavy (non-hydrogen) atoms. The lowest BCUT2D eigenvalue weighted by atomic mass is 10.4. The first-order valence-electron chi connectivity index (χ1n) is 4.33. The topological polar surface area (TPSA) is 57.7 Å². The highest BCUT2D eigenvalue weighted by Crippen LogP contribution is 2.03. The summed E-state index contributed by atoms with van der Waals surface area (Å²) < 4.78 is 0. The molecular weight excluding hydrogens is 184 g/mol. The number of rotatable bonds is 3. The van der Waals surface area contributed by atoms with Crippen molar-refractivity contribution in [1.29, 1.82) is 0 Å². The fraction of sp³-hybridized carbons (Fsp3) is 0.444. The Hall–Kier alpha value is -1.65. The Bertz CT molecular complexity index is 291. The van der Waals surface area contributed by atoms with Crippen molar-refractivity contribution in [3.05, 3.63) is 12.2 Å². The normalized spacial score (nSPS) is 15.1. The standard InChI is InChI=1S/C9H12N2O3/c1-3-10(2)9(14)6-11-7(12)4-5-8(11)13/h4-5H,3,6H2,1-2H3. The molecule has 0 saturated heterocycles. The Morgan fingerprint density at radius 2 is 1.86 bits per heavy atom. The van der Waals surface area contributed by atoms with Crippen LogP contribution in [0.2, 0.25) is 0 Å². The van der Waals surface area contributed by atoms with Gasteiger partial charge in [-0.2, -0.15) is 0 Å². The number of carbonyl (C=O) groups excluding carboxylic acids is 3. The van der Waals surface area contributed by atoms with Crippen LogP contribution in [-0.2, 0) is 14.4 Å². The fourth-order valence-corrected chi connectivity index (χ4v) is 1.02. The molecule has 5 nitrogen and oxygen atoms in total. The molecule has 0 aliphatic carbocycles. The molecule has 1 aliphatic heterocycles. The van der Waals surface area contributed by atoms with Gasteiger partial charge in [0.2, 0.25) is 5.91 Å². The zero-order chi connectivity index (χ0) is 10.7. The van der Waals surface area contributed by atoms with Gasteiger partial charge in [0.15, 0.2) is 0 Å². The minimum Gasteiger partial charge on any atom is -0.344 e. The van der Waals surface area contributed by atoms with Gasteiger partial charge >= 0.3 is 0 Å². The lowest BCUT2D eigenvalue weighted by Gasteiger charge is -2.18. The van der Waals surface area contributed by atoms with Crippen molar-refractivity contribution in [3.63, 3.8) is 0 Å². The summed E-state index contributed by atoms with van der Waals surface area (Å²) in [6.45, 7) is 2.21. The number of likely N-dealkylation sites (N-methyl/N-ethyl adjacent to an activating group) is 1. The van der Waals surface area contributed by atoms with Gasteiger partial charge in [0.1, 0.15) is 6.54 Å². The van der Waals surface area contributed by atoms with Gasteiger partial charge in [0.25, 0.3) is 11.8 Å². The summed E-state index contributed by atoms with van der Waals surface area (Å²) >= 11 is 0. The van der Waals surface area contributed by atoms with E-state index in [1.807, 2.05) is 6.92 Å². The second-order valence-electron chi connectivity index (χ2n) is 3.00. The van der Waals surface area contributed by atoms with Crippen LogP contribution in [0.5, 0.6) is 0 Å². The van der Waals surface area contributed by atoms with Crippen molar-refractivity contribution < 1.29 is 14.4 Å². The SMILES string of the molecule is CCN(C)C(=O)CN1C(=O)C=CC1=O. The molecule has 5 heteroatoms. The molecule has 0 aromatic rings. The molecule has 0 radical (unpaired) electrons. The predicted molar refractivity (Wildman–Crippen MR) is 49.2 cm³/mol. The van der Waals surface area contributed by atoms with Crippen LogP contribution in [0, 0.1) is 0 Å². The predicted octanol–water partition coefficient (Wildman–Crippen LogP) is -0.610. The Balaban J connectivity index is 2.57. The highest BCUT2D eigenvalue weighted by Gasteiger charge is 2.26. The van der Waals surface area contributed by atoms with E-state index < -0.39 is 11.8 Å². The molecule has 0 aromatic heterocycles. The first-order valence-corrected chi connectivity index (χ1v) is 4.33. The van der Waals surface area contributed by atoms with Gasteiger partial charge < -0.3 is 4.90 Å². The third-order valence-electron chi connectivity index (χ3n) is 2.09. The minimum atomic E-state index is -0.423. The van der Waals surface area contributed by atoms with Crippen molar-refractivity contribution in [1.82, 2.24) is 9.80 Å². The molecule has 3 amide bonds. The van der Waals surface area contributed by atoms with E-state index in [-0.39, 0.29) is 12.5 Å². The fourth-order valence-electron chi connectivity index (χ4n) is 1.02. The maximum absolute atomic E-state index is 11.4. The van der Waals surface area contributed by atoms with Crippen molar-refractivity contribution in [2.24, 2.45) is 0 Å². The van der Waals surface area contributed by atoms with E-state index in [9.17, 15) is 14.4 Å². The molecule has 1 aliphatic rings. The van der Waals surface area contributed by atoms with Gasteiger partial charge in [-0.3, -0.25) is 19.3 Å². The maximum atomic E-state index is 11.4. The number of hydrogen-bond donors (Lipinski definition) is 0. The average molecular weight is 196 g/mol. The summed E-state index contributed by atoms with van der Waals surface area (Å²) in [5.74, 6) is -1.08. The Kier molecular flexibility index (Phi) is 3.01. The van der Waals surface area contributed by atoms with E-state index >= 15 is 0 Å². The smallest absolute Gasteiger partial charge is 0.254 e. The molecule has 0 spiro atoms. The summed E-state index contributed by atoms with van der Waals surface area (Å²) in [7, 11) is 1.63. The molecule has 76 valence electrons. The van der Waals surface area contributed by atoms with Gasteiger partial charge in [-0.1, -0.05) is 0 Å². The van der Waals surface area contributed by atoms with E-state index in [1.54, 1.807) is 7.05 Å². The first kappa shape index (κ1) is 10.4. The molecule has 0 bridgehead atoms. The van der Waals surface area contributed by atoms with Crippen LogP contribution in [0.25, 0.3) is 0 Å². The highest BCUT2D eigenvalue weighted by molar-refractivity contribution is 6.14. The van der Waals surface area contributed by atoms with Crippen molar-refractivity contribution in [2.45, 2.75) is 6.92 Å². The zero-order valence-corrected chi connectivity index (χ0v) is 8.19. The van der Waals surface area contributed by atoms with Gasteiger partial charge in [-0.25, -0.2) is 0 Å². The molecule has 1 rings (SSSR count). The van der Waals surface area contributed by atoms with Crippen molar-refractivity contribution in [2.75, 3.05) is 20.1 Å². The second kappa shape index (κ2) is 4.04. The largest absolute Gasteiger partial charge is 0.344 e. The van der Waals surface area contributed by atoms with E-state index in [0.717, 1.165) is 4.90 Å². The van der Waals surface area contributed by atoms with E-state index in [0.29, 0.717) is 6.54 Å². The van der Waals surface area contributed by atoms with Crippen molar-refractivity contribution in [3.8, 4) is 0 Å². The lowest BCUT2D eigenvalue weighted by Crippen LogP contribution is -2.41. The summed E-state index contributed by atoms with van der Waals surface area (Å²) in [6, 6.07) is 0. The summed E-state index contributed by atoms with van der Waals surface area (Å²) in [6.07, 6.45) is 2.34. The van der Waals surface area contributed by atoms with Crippen molar-refractivity contribution >= 4 is 17.7 Å². The first-order chi connectivity index (χ1) is 6.56. The Morgan fingerprint density at radius 3 is 2.29 bits per heavy atom. The van der Waals surface area contributed by atoms with Gasteiger partial charge in [-0.05, 0) is 6.92 Å². The average Bonchev–Trinajstić information content (AvgIpc) is 2.48. The number of amides is 3. The minimum absolute atomic E-state index is 0.172. The summed E-state index contributed by atoms with van der Waals surface area (Å²) in [4.78, 5) is 35.9.